The van der Waals surface area contributed by atoms with Gasteiger partial charge in [-0.2, -0.15) is 0 Å². The fourth-order valence-corrected chi connectivity index (χ4v) is 4.55. The topological polar surface area (TPSA) is 67.4 Å². The Hall–Kier alpha value is -3.12. The third-order valence-electron chi connectivity index (χ3n) is 5.48. The molecular formula is C26H30N2O3S. The number of benzene rings is 2. The Morgan fingerprint density at radius 3 is 2.22 bits per heavy atom. The van der Waals surface area contributed by atoms with E-state index in [2.05, 4.69) is 36.6 Å². The molecule has 1 atom stereocenters. The lowest BCUT2D eigenvalue weighted by Crippen LogP contribution is -2.20. The molecule has 3 rings (SSSR count). The molecule has 6 heteroatoms. The van der Waals surface area contributed by atoms with Gasteiger partial charge in [-0.1, -0.05) is 55.8 Å². The average molecular weight is 451 g/mol. The summed E-state index contributed by atoms with van der Waals surface area (Å²) in [6.07, 6.45) is 1.06. The van der Waals surface area contributed by atoms with Crippen LogP contribution < -0.4 is 10.6 Å². The van der Waals surface area contributed by atoms with E-state index in [0.29, 0.717) is 22.2 Å². The van der Waals surface area contributed by atoms with Crippen molar-refractivity contribution >= 4 is 34.0 Å². The molecule has 2 amide bonds. The van der Waals surface area contributed by atoms with E-state index >= 15 is 0 Å². The summed E-state index contributed by atoms with van der Waals surface area (Å²) in [7, 11) is 0. The van der Waals surface area contributed by atoms with Crippen molar-refractivity contribution in [2.24, 2.45) is 0 Å². The molecule has 0 unspecified atom stereocenters. The summed E-state index contributed by atoms with van der Waals surface area (Å²) < 4.78 is 5.33. The minimum Gasteiger partial charge on any atom is -0.462 e. The van der Waals surface area contributed by atoms with E-state index in [-0.39, 0.29) is 6.61 Å². The maximum absolute atomic E-state index is 12.9. The second-order valence-electron chi connectivity index (χ2n) is 7.83. The lowest BCUT2D eigenvalue weighted by atomic mass is 9.94. The number of anilines is 2. The predicted octanol–water partition coefficient (Wildman–Crippen LogP) is 7.37. The number of rotatable bonds is 7. The zero-order chi connectivity index (χ0) is 23.3. The lowest BCUT2D eigenvalue weighted by Gasteiger charge is -2.12. The van der Waals surface area contributed by atoms with Crippen molar-refractivity contribution in [3.05, 3.63) is 70.1 Å². The van der Waals surface area contributed by atoms with Gasteiger partial charge < -0.3 is 10.1 Å². The quantitative estimate of drug-likeness (QED) is 0.369. The lowest BCUT2D eigenvalue weighted by molar-refractivity contribution is 0.0529. The molecule has 3 aromatic rings. The Morgan fingerprint density at radius 2 is 1.62 bits per heavy atom. The SMILES string of the molecule is CCOC(=O)c1c(NC(=O)Nc2ccc(C)cc2)sc(C)c1-c1ccc([C@@H](C)CC)cc1. The fraction of sp³-hybridized carbons (Fsp3) is 0.308. The first-order chi connectivity index (χ1) is 15.3. The Labute approximate surface area is 193 Å². The number of aryl methyl sites for hydroxylation is 2. The number of carbonyl (C=O) groups is 2. The molecule has 5 nitrogen and oxygen atoms in total. The molecule has 0 fully saturated rings. The molecule has 0 aliphatic carbocycles. The van der Waals surface area contributed by atoms with Crippen LogP contribution in [0.1, 0.15) is 59.5 Å². The van der Waals surface area contributed by atoms with Crippen LogP contribution in [0.5, 0.6) is 0 Å². The van der Waals surface area contributed by atoms with Crippen LogP contribution in [0.4, 0.5) is 15.5 Å². The summed E-state index contributed by atoms with van der Waals surface area (Å²) in [6, 6.07) is 15.4. The first kappa shape index (κ1) is 23.5. The molecule has 0 aliphatic rings. The minimum atomic E-state index is -0.441. The largest absolute Gasteiger partial charge is 0.462 e. The highest BCUT2D eigenvalue weighted by molar-refractivity contribution is 7.17. The first-order valence-electron chi connectivity index (χ1n) is 10.9. The third-order valence-corrected chi connectivity index (χ3v) is 6.50. The summed E-state index contributed by atoms with van der Waals surface area (Å²) in [4.78, 5) is 26.5. The van der Waals surface area contributed by atoms with Gasteiger partial charge in [0.25, 0.3) is 0 Å². The van der Waals surface area contributed by atoms with Gasteiger partial charge in [0.1, 0.15) is 10.6 Å². The van der Waals surface area contributed by atoms with E-state index in [1.54, 1.807) is 6.92 Å². The van der Waals surface area contributed by atoms with E-state index < -0.39 is 12.0 Å². The molecule has 0 saturated heterocycles. The molecule has 1 aromatic heterocycles. The number of carbonyl (C=O) groups excluding carboxylic acids is 2. The van der Waals surface area contributed by atoms with Crippen LogP contribution in [0, 0.1) is 13.8 Å². The van der Waals surface area contributed by atoms with E-state index in [1.807, 2.05) is 50.2 Å². The molecule has 0 bridgehead atoms. The molecule has 2 aromatic carbocycles. The van der Waals surface area contributed by atoms with Crippen molar-refractivity contribution in [3.8, 4) is 11.1 Å². The van der Waals surface area contributed by atoms with Gasteiger partial charge in [-0.15, -0.1) is 11.3 Å². The van der Waals surface area contributed by atoms with Gasteiger partial charge in [0, 0.05) is 16.1 Å². The average Bonchev–Trinajstić information content (AvgIpc) is 3.10. The Morgan fingerprint density at radius 1 is 0.969 bits per heavy atom. The molecular weight excluding hydrogens is 420 g/mol. The number of nitrogens with one attached hydrogen (secondary N) is 2. The van der Waals surface area contributed by atoms with Crippen molar-refractivity contribution in [1.82, 2.24) is 0 Å². The summed E-state index contributed by atoms with van der Waals surface area (Å²) >= 11 is 1.37. The second-order valence-corrected chi connectivity index (χ2v) is 9.06. The van der Waals surface area contributed by atoms with Gasteiger partial charge >= 0.3 is 12.0 Å². The predicted molar refractivity (Wildman–Crippen MR) is 133 cm³/mol. The minimum absolute atomic E-state index is 0.259. The smallest absolute Gasteiger partial charge is 0.341 e. The molecule has 32 heavy (non-hydrogen) atoms. The molecule has 168 valence electrons. The van der Waals surface area contributed by atoms with Gasteiger partial charge in [0.05, 0.1) is 6.61 Å². The van der Waals surface area contributed by atoms with Crippen LogP contribution in [0.3, 0.4) is 0 Å². The van der Waals surface area contributed by atoms with Crippen molar-refractivity contribution in [2.45, 2.75) is 47.0 Å². The second kappa shape index (κ2) is 10.5. The fourth-order valence-electron chi connectivity index (χ4n) is 3.49. The maximum atomic E-state index is 12.9. The van der Waals surface area contributed by atoms with E-state index in [0.717, 1.165) is 28.0 Å². The van der Waals surface area contributed by atoms with Crippen molar-refractivity contribution in [3.63, 3.8) is 0 Å². The number of esters is 1. The zero-order valence-corrected chi connectivity index (χ0v) is 20.1. The maximum Gasteiger partial charge on any atom is 0.341 e. The Kier molecular flexibility index (Phi) is 7.70. The number of amides is 2. The van der Waals surface area contributed by atoms with Gasteiger partial charge in [-0.3, -0.25) is 5.32 Å². The highest BCUT2D eigenvalue weighted by atomic mass is 32.1. The van der Waals surface area contributed by atoms with E-state index in [1.165, 1.54) is 16.9 Å². The summed E-state index contributed by atoms with van der Waals surface area (Å²) in [6.45, 7) is 10.3. The Bertz CT molecular complexity index is 1090. The van der Waals surface area contributed by atoms with Crippen LogP contribution in [0.2, 0.25) is 0 Å². The van der Waals surface area contributed by atoms with Gasteiger partial charge in [-0.05, 0) is 56.4 Å². The highest BCUT2D eigenvalue weighted by Crippen LogP contribution is 2.41. The standard InChI is InChI=1S/C26H30N2O3S/c1-6-17(4)19-10-12-20(13-11-19)22-18(5)32-24(23(22)25(29)31-7-2)28-26(30)27-21-14-8-16(3)9-15-21/h8-15,17H,6-7H2,1-5H3,(H2,27,28,30)/t17-/m0/s1. The molecule has 2 N–H and O–H groups in total. The summed E-state index contributed by atoms with van der Waals surface area (Å²) in [5.41, 5.74) is 5.18. The molecule has 1 heterocycles. The van der Waals surface area contributed by atoms with Crippen LogP contribution in [-0.4, -0.2) is 18.6 Å². The van der Waals surface area contributed by atoms with Crippen LogP contribution in [-0.2, 0) is 4.74 Å². The highest BCUT2D eigenvalue weighted by Gasteiger charge is 2.25. The number of thiophene rings is 1. The van der Waals surface area contributed by atoms with E-state index in [4.69, 9.17) is 4.74 Å². The van der Waals surface area contributed by atoms with Crippen LogP contribution in [0.15, 0.2) is 48.5 Å². The molecule has 0 aliphatic heterocycles. The number of urea groups is 1. The molecule has 0 saturated carbocycles. The number of hydrogen-bond acceptors (Lipinski definition) is 4. The summed E-state index contributed by atoms with van der Waals surface area (Å²) in [5.74, 6) is 0.0309. The normalized spacial score (nSPS) is 11.7. The third kappa shape index (κ3) is 5.37. The monoisotopic (exact) mass is 450 g/mol. The number of hydrogen-bond donors (Lipinski definition) is 2. The van der Waals surface area contributed by atoms with Crippen molar-refractivity contribution in [2.75, 3.05) is 17.2 Å². The van der Waals surface area contributed by atoms with Gasteiger partial charge in [0.2, 0.25) is 0 Å². The first-order valence-corrected chi connectivity index (χ1v) is 11.7. The van der Waals surface area contributed by atoms with Crippen molar-refractivity contribution < 1.29 is 14.3 Å². The van der Waals surface area contributed by atoms with Crippen LogP contribution in [0.25, 0.3) is 11.1 Å². The molecule has 0 spiro atoms. The molecule has 0 radical (unpaired) electrons. The zero-order valence-electron chi connectivity index (χ0n) is 19.2. The van der Waals surface area contributed by atoms with Gasteiger partial charge in [0.15, 0.2) is 0 Å². The Balaban J connectivity index is 1.93. The van der Waals surface area contributed by atoms with E-state index in [9.17, 15) is 9.59 Å². The van der Waals surface area contributed by atoms with Crippen molar-refractivity contribution in [1.29, 1.82) is 0 Å². The number of ether oxygens (including phenoxy) is 1. The summed E-state index contributed by atoms with van der Waals surface area (Å²) in [5, 5.41) is 6.14. The van der Waals surface area contributed by atoms with Crippen LogP contribution >= 0.6 is 11.3 Å². The van der Waals surface area contributed by atoms with Gasteiger partial charge in [-0.25, -0.2) is 9.59 Å².